The number of nitrogens with zero attached hydrogens (tertiary/aromatic N) is 3. The van der Waals surface area contributed by atoms with Gasteiger partial charge in [0.1, 0.15) is 21.0 Å². The fraction of sp³-hybridized carbons (Fsp3) is 0.429. The molecule has 0 unspecified atom stereocenters. The van der Waals surface area contributed by atoms with Gasteiger partial charge in [-0.15, -0.1) is 11.3 Å². The molecule has 0 bridgehead atoms. The van der Waals surface area contributed by atoms with Crippen molar-refractivity contribution in [3.05, 3.63) is 36.7 Å². The van der Waals surface area contributed by atoms with E-state index in [0.717, 1.165) is 24.7 Å². The van der Waals surface area contributed by atoms with Gasteiger partial charge in [-0.3, -0.25) is 18.7 Å². The second-order valence-corrected chi connectivity index (χ2v) is 7.99. The number of aromatic hydroxyl groups is 1. The van der Waals surface area contributed by atoms with Crippen LogP contribution in [0.2, 0.25) is 0 Å². The quantitative estimate of drug-likeness (QED) is 0.233. The molecule has 1 N–H and O–H groups in total. The number of carbonyl (C=O) groups is 3. The lowest BCUT2D eigenvalue weighted by Gasteiger charge is -2.13. The van der Waals surface area contributed by atoms with Crippen LogP contribution >= 0.6 is 23.6 Å². The molecule has 0 fully saturated rings. The van der Waals surface area contributed by atoms with Gasteiger partial charge < -0.3 is 19.3 Å². The number of methoxy groups -OCH3 is 2. The molecule has 2 heterocycles. The molecular formula is C21H25N3O8S2. The summed E-state index contributed by atoms with van der Waals surface area (Å²) in [5.74, 6) is -2.69. The molecule has 0 atom stereocenters. The number of aliphatic imine (C=N–C) groups is 1. The van der Waals surface area contributed by atoms with Crippen LogP contribution in [0, 0.1) is 4.77 Å². The number of aromatic nitrogens is 2. The molecule has 2 rings (SSSR count). The van der Waals surface area contributed by atoms with Crippen LogP contribution in [0.3, 0.4) is 0 Å². The summed E-state index contributed by atoms with van der Waals surface area (Å²) in [6.07, 6.45) is 0.678. The van der Waals surface area contributed by atoms with E-state index in [4.69, 9.17) is 21.7 Å². The van der Waals surface area contributed by atoms with E-state index in [1.54, 1.807) is 20.8 Å². The highest BCUT2D eigenvalue weighted by molar-refractivity contribution is 7.71. The molecule has 34 heavy (non-hydrogen) atoms. The van der Waals surface area contributed by atoms with Crippen molar-refractivity contribution in [2.45, 2.75) is 40.3 Å². The summed E-state index contributed by atoms with van der Waals surface area (Å²) in [6, 6.07) is 0. The zero-order valence-electron chi connectivity index (χ0n) is 19.4. The van der Waals surface area contributed by atoms with Gasteiger partial charge in [-0.1, -0.05) is 0 Å². The van der Waals surface area contributed by atoms with Crippen LogP contribution in [0.25, 0.3) is 0 Å². The highest BCUT2D eigenvalue weighted by Crippen LogP contribution is 2.37. The zero-order chi connectivity index (χ0) is 25.6. The van der Waals surface area contributed by atoms with E-state index in [1.165, 1.54) is 16.2 Å². The lowest BCUT2D eigenvalue weighted by atomic mass is 10.1. The smallest absolute Gasteiger partial charge is 0.348 e. The maximum absolute atomic E-state index is 12.9. The van der Waals surface area contributed by atoms with Gasteiger partial charge in [0, 0.05) is 24.9 Å². The van der Waals surface area contributed by atoms with E-state index < -0.39 is 29.9 Å². The number of hydrogen-bond donors (Lipinski definition) is 1. The second-order valence-electron chi connectivity index (χ2n) is 6.63. The number of ether oxygens (including phenoxy) is 3. The maximum Gasteiger partial charge on any atom is 0.348 e. The Balaban J connectivity index is 2.81. The van der Waals surface area contributed by atoms with E-state index in [2.05, 4.69) is 9.73 Å². The SMILES string of the molecule is CCOC(=O)c1c(/N=C/c2c(O)n(CC)c(=S)n(CC)c2=O)sc(C(=O)OC)c1CC(=O)OC. The van der Waals surface area contributed by atoms with Crippen molar-refractivity contribution < 1.29 is 33.7 Å². The van der Waals surface area contributed by atoms with Gasteiger partial charge >= 0.3 is 17.9 Å². The maximum atomic E-state index is 12.9. The second kappa shape index (κ2) is 11.7. The molecular weight excluding hydrogens is 486 g/mol. The van der Waals surface area contributed by atoms with Gasteiger partial charge in [0.15, 0.2) is 4.77 Å². The third-order valence-corrected chi connectivity index (χ3v) is 6.33. The van der Waals surface area contributed by atoms with E-state index in [0.29, 0.717) is 6.54 Å². The molecule has 0 aromatic carbocycles. The van der Waals surface area contributed by atoms with E-state index >= 15 is 0 Å². The molecule has 184 valence electrons. The molecule has 2 aromatic rings. The Morgan fingerprint density at radius 3 is 2.26 bits per heavy atom. The summed E-state index contributed by atoms with van der Waals surface area (Å²) in [6.45, 7) is 5.67. The van der Waals surface area contributed by atoms with Crippen molar-refractivity contribution in [2.24, 2.45) is 4.99 Å². The first-order chi connectivity index (χ1) is 16.2. The molecule has 0 aliphatic heterocycles. The summed E-state index contributed by atoms with van der Waals surface area (Å²) in [5, 5.41) is 10.6. The van der Waals surface area contributed by atoms with Crippen molar-refractivity contribution in [2.75, 3.05) is 20.8 Å². The van der Waals surface area contributed by atoms with Crippen molar-refractivity contribution in [3.8, 4) is 5.88 Å². The van der Waals surface area contributed by atoms with Crippen LogP contribution in [-0.4, -0.2) is 59.2 Å². The number of thiophene rings is 1. The molecule has 11 nitrogen and oxygen atoms in total. The molecule has 0 spiro atoms. The van der Waals surface area contributed by atoms with Crippen molar-refractivity contribution in [1.82, 2.24) is 9.13 Å². The molecule has 0 radical (unpaired) electrons. The zero-order valence-corrected chi connectivity index (χ0v) is 21.0. The summed E-state index contributed by atoms with van der Waals surface area (Å²) in [4.78, 5) is 54.1. The summed E-state index contributed by atoms with van der Waals surface area (Å²) < 4.78 is 17.4. The third kappa shape index (κ3) is 5.25. The highest BCUT2D eigenvalue weighted by Gasteiger charge is 2.30. The fourth-order valence-electron chi connectivity index (χ4n) is 3.11. The van der Waals surface area contributed by atoms with Crippen LogP contribution in [0.1, 0.15) is 51.9 Å². The number of carbonyl (C=O) groups excluding carboxylic acids is 3. The Labute approximate surface area is 204 Å². The van der Waals surface area contributed by atoms with Crippen molar-refractivity contribution in [3.63, 3.8) is 0 Å². The van der Waals surface area contributed by atoms with Gasteiger partial charge in [-0.2, -0.15) is 0 Å². The van der Waals surface area contributed by atoms with Gasteiger partial charge in [0.05, 0.1) is 27.2 Å². The first-order valence-corrected chi connectivity index (χ1v) is 11.5. The van der Waals surface area contributed by atoms with Crippen LogP contribution in [0.15, 0.2) is 9.79 Å². The van der Waals surface area contributed by atoms with Crippen LogP contribution in [-0.2, 0) is 38.5 Å². The Morgan fingerprint density at radius 2 is 1.74 bits per heavy atom. The van der Waals surface area contributed by atoms with E-state index in [1.807, 2.05) is 0 Å². The normalized spacial score (nSPS) is 11.0. The molecule has 0 aliphatic rings. The van der Waals surface area contributed by atoms with Crippen LogP contribution in [0.4, 0.5) is 5.00 Å². The number of rotatable bonds is 9. The average Bonchev–Trinajstić information content (AvgIpc) is 3.17. The van der Waals surface area contributed by atoms with Gasteiger partial charge in [-0.25, -0.2) is 14.6 Å². The standard InChI is InChI=1S/C21H25N3O8S2/c1-6-23-17(26)12(18(27)24(7-2)21(23)33)10-22-16-14(19(28)32-8-3)11(9-13(25)30-4)15(34-16)20(29)31-5/h10,26H,6-9H2,1-5H3/b22-10+. The van der Waals surface area contributed by atoms with Crippen molar-refractivity contribution >= 4 is 52.7 Å². The lowest BCUT2D eigenvalue weighted by molar-refractivity contribution is -0.139. The van der Waals surface area contributed by atoms with Gasteiger partial charge in [0.25, 0.3) is 5.56 Å². The predicted octanol–water partition coefficient (Wildman–Crippen LogP) is 2.62. The highest BCUT2D eigenvalue weighted by atomic mass is 32.1. The summed E-state index contributed by atoms with van der Waals surface area (Å²) in [5.41, 5.74) is -0.827. The Hall–Kier alpha value is -3.32. The fourth-order valence-corrected chi connectivity index (χ4v) is 4.61. The average molecular weight is 512 g/mol. The number of hydrogen-bond acceptors (Lipinski definition) is 11. The topological polar surface area (TPSA) is 138 Å². The minimum atomic E-state index is -0.820. The predicted molar refractivity (Wildman–Crippen MR) is 127 cm³/mol. The van der Waals surface area contributed by atoms with Gasteiger partial charge in [0.2, 0.25) is 5.88 Å². The van der Waals surface area contributed by atoms with E-state index in [9.17, 15) is 24.3 Å². The molecule has 0 saturated heterocycles. The minimum Gasteiger partial charge on any atom is -0.494 e. The monoisotopic (exact) mass is 511 g/mol. The number of esters is 3. The molecule has 0 aliphatic carbocycles. The molecule has 2 aromatic heterocycles. The first kappa shape index (κ1) is 26.9. The molecule has 0 saturated carbocycles. The third-order valence-electron chi connectivity index (χ3n) is 4.76. The van der Waals surface area contributed by atoms with Crippen LogP contribution in [0.5, 0.6) is 5.88 Å². The van der Waals surface area contributed by atoms with E-state index in [-0.39, 0.29) is 50.4 Å². The summed E-state index contributed by atoms with van der Waals surface area (Å²) in [7, 11) is 2.32. The van der Waals surface area contributed by atoms with Gasteiger partial charge in [-0.05, 0) is 33.0 Å². The molecule has 0 amide bonds. The van der Waals surface area contributed by atoms with Crippen molar-refractivity contribution in [1.29, 1.82) is 0 Å². The first-order valence-electron chi connectivity index (χ1n) is 10.2. The minimum absolute atomic E-state index is 0.00917. The van der Waals surface area contributed by atoms with Crippen LogP contribution < -0.4 is 5.56 Å². The Kier molecular flexibility index (Phi) is 9.27. The summed E-state index contributed by atoms with van der Waals surface area (Å²) >= 11 is 6.05. The lowest BCUT2D eigenvalue weighted by Crippen LogP contribution is -2.27. The Morgan fingerprint density at radius 1 is 1.09 bits per heavy atom. The Bertz CT molecular complexity index is 1260. The molecule has 13 heteroatoms. The largest absolute Gasteiger partial charge is 0.494 e.